The van der Waals surface area contributed by atoms with E-state index in [2.05, 4.69) is 5.32 Å². The Balaban J connectivity index is 1.71. The molecule has 0 aliphatic carbocycles. The quantitative estimate of drug-likeness (QED) is 0.682. The number of rotatable bonds is 9. The molecule has 0 aliphatic rings. The Hall–Kier alpha value is -2.76. The number of unbranched alkanes of at least 4 members (excludes halogenated alkanes) is 1. The largest absolute Gasteiger partial charge is 0.494 e. The van der Waals surface area contributed by atoms with Gasteiger partial charge in [-0.15, -0.1) is 0 Å². The predicted molar refractivity (Wildman–Crippen MR) is 93.0 cm³/mol. The fraction of sp³-hybridized carbons (Fsp3) is 0.368. The van der Waals surface area contributed by atoms with Crippen LogP contribution in [-0.2, 0) is 11.2 Å². The summed E-state index contributed by atoms with van der Waals surface area (Å²) in [6, 6.07) is 7.86. The lowest BCUT2D eigenvalue weighted by molar-refractivity contribution is -0.136. The van der Waals surface area contributed by atoms with Gasteiger partial charge in [-0.3, -0.25) is 9.59 Å². The van der Waals surface area contributed by atoms with Crippen LogP contribution in [0.5, 0.6) is 5.75 Å². The molecule has 2 aromatic rings. The zero-order valence-electron chi connectivity index (χ0n) is 14.5. The molecule has 0 spiro atoms. The number of carboxylic acids is 1. The van der Waals surface area contributed by atoms with Gasteiger partial charge in [-0.25, -0.2) is 0 Å². The van der Waals surface area contributed by atoms with E-state index in [1.54, 1.807) is 6.92 Å². The van der Waals surface area contributed by atoms with Crippen LogP contribution in [0.3, 0.4) is 0 Å². The number of ether oxygens (including phenoxy) is 1. The first-order chi connectivity index (χ1) is 12.0. The van der Waals surface area contributed by atoms with Gasteiger partial charge < -0.3 is 19.6 Å². The number of hydrogen-bond acceptors (Lipinski definition) is 4. The van der Waals surface area contributed by atoms with E-state index in [1.807, 2.05) is 31.2 Å². The van der Waals surface area contributed by atoms with Crippen molar-refractivity contribution < 1.29 is 23.8 Å². The molecule has 0 bridgehead atoms. The molecule has 6 heteroatoms. The zero-order valence-corrected chi connectivity index (χ0v) is 14.5. The number of nitrogens with one attached hydrogen (secondary N) is 1. The first-order valence-electron chi connectivity index (χ1n) is 8.24. The third-order valence-electron chi connectivity index (χ3n) is 3.74. The highest BCUT2D eigenvalue weighted by atomic mass is 16.5. The molecule has 0 radical (unpaired) electrons. The van der Waals surface area contributed by atoms with E-state index in [9.17, 15) is 9.59 Å². The summed E-state index contributed by atoms with van der Waals surface area (Å²) in [6.45, 7) is 4.82. The first-order valence-corrected chi connectivity index (χ1v) is 8.24. The van der Waals surface area contributed by atoms with Gasteiger partial charge in [0.1, 0.15) is 17.9 Å². The molecule has 1 aromatic heterocycles. The lowest BCUT2D eigenvalue weighted by Crippen LogP contribution is -2.26. The number of hydrogen-bond donors (Lipinski definition) is 2. The number of aliphatic carboxylic acids is 1. The monoisotopic (exact) mass is 345 g/mol. The molecule has 0 aliphatic heterocycles. The van der Waals surface area contributed by atoms with Gasteiger partial charge in [-0.2, -0.15) is 0 Å². The van der Waals surface area contributed by atoms with E-state index in [0.29, 0.717) is 24.3 Å². The van der Waals surface area contributed by atoms with Crippen LogP contribution < -0.4 is 10.1 Å². The summed E-state index contributed by atoms with van der Waals surface area (Å²) >= 11 is 0. The maximum absolute atomic E-state index is 12.2. The second kappa shape index (κ2) is 8.92. The van der Waals surface area contributed by atoms with Crippen molar-refractivity contribution in [2.75, 3.05) is 13.2 Å². The maximum Gasteiger partial charge on any atom is 0.311 e. The van der Waals surface area contributed by atoms with Crippen LogP contribution in [-0.4, -0.2) is 30.1 Å². The topological polar surface area (TPSA) is 88.8 Å². The van der Waals surface area contributed by atoms with Crippen LogP contribution >= 0.6 is 0 Å². The average molecular weight is 345 g/mol. The van der Waals surface area contributed by atoms with Crippen LogP contribution in [0.1, 0.15) is 40.1 Å². The van der Waals surface area contributed by atoms with E-state index in [-0.39, 0.29) is 18.1 Å². The maximum atomic E-state index is 12.2. The van der Waals surface area contributed by atoms with Gasteiger partial charge in [-0.1, -0.05) is 17.7 Å². The molecular weight excluding hydrogens is 322 g/mol. The third-order valence-corrected chi connectivity index (χ3v) is 3.74. The molecule has 0 atom stereocenters. The first kappa shape index (κ1) is 18.6. The fourth-order valence-corrected chi connectivity index (χ4v) is 2.41. The SMILES string of the molecule is Cc1ccc(OCCCCNC(=O)c2c(C)coc2CC(=O)O)cc1. The summed E-state index contributed by atoms with van der Waals surface area (Å²) in [5, 5.41) is 11.7. The summed E-state index contributed by atoms with van der Waals surface area (Å²) < 4.78 is 10.8. The fourth-order valence-electron chi connectivity index (χ4n) is 2.41. The highest BCUT2D eigenvalue weighted by Gasteiger charge is 2.19. The van der Waals surface area contributed by atoms with Crippen LogP contribution in [0.2, 0.25) is 0 Å². The number of aryl methyl sites for hydroxylation is 2. The van der Waals surface area contributed by atoms with Crippen molar-refractivity contribution in [2.45, 2.75) is 33.1 Å². The van der Waals surface area contributed by atoms with E-state index in [4.69, 9.17) is 14.3 Å². The molecule has 0 saturated heterocycles. The Morgan fingerprint density at radius 1 is 1.16 bits per heavy atom. The number of carbonyl (C=O) groups is 2. The molecule has 0 unspecified atom stereocenters. The van der Waals surface area contributed by atoms with Gasteiger partial charge in [0.15, 0.2) is 0 Å². The molecule has 134 valence electrons. The van der Waals surface area contributed by atoms with E-state index in [1.165, 1.54) is 11.8 Å². The molecule has 1 aromatic carbocycles. The number of furan rings is 1. The number of amides is 1. The van der Waals surface area contributed by atoms with Crippen molar-refractivity contribution in [2.24, 2.45) is 0 Å². The highest BCUT2D eigenvalue weighted by molar-refractivity contribution is 5.97. The third kappa shape index (κ3) is 5.67. The van der Waals surface area contributed by atoms with Crippen LogP contribution in [0, 0.1) is 13.8 Å². The van der Waals surface area contributed by atoms with Crippen molar-refractivity contribution in [3.8, 4) is 5.75 Å². The van der Waals surface area contributed by atoms with Crippen LogP contribution in [0.4, 0.5) is 0 Å². The minimum absolute atomic E-state index is 0.185. The summed E-state index contributed by atoms with van der Waals surface area (Å²) in [5.74, 6) is -0.314. The summed E-state index contributed by atoms with van der Waals surface area (Å²) in [4.78, 5) is 23.0. The minimum atomic E-state index is -1.03. The number of carbonyl (C=O) groups excluding carboxylic acids is 1. The molecule has 0 fully saturated rings. The highest BCUT2D eigenvalue weighted by Crippen LogP contribution is 2.17. The molecule has 6 nitrogen and oxygen atoms in total. The van der Waals surface area contributed by atoms with E-state index in [0.717, 1.165) is 18.6 Å². The standard InChI is InChI=1S/C19H23NO5/c1-13-5-7-15(8-6-13)24-10-4-3-9-20-19(23)18-14(2)12-25-16(18)11-17(21)22/h5-8,12H,3-4,9-11H2,1-2H3,(H,20,23)(H,21,22). The lowest BCUT2D eigenvalue weighted by Gasteiger charge is -2.08. The Bertz CT molecular complexity index is 718. The summed E-state index contributed by atoms with van der Waals surface area (Å²) in [5.41, 5.74) is 2.14. The smallest absolute Gasteiger partial charge is 0.311 e. The van der Waals surface area contributed by atoms with Crippen molar-refractivity contribution in [3.63, 3.8) is 0 Å². The van der Waals surface area contributed by atoms with Gasteiger partial charge >= 0.3 is 5.97 Å². The average Bonchev–Trinajstić information content (AvgIpc) is 2.92. The Kier molecular flexibility index (Phi) is 6.62. The second-order valence-corrected chi connectivity index (χ2v) is 5.91. The Morgan fingerprint density at radius 3 is 2.56 bits per heavy atom. The number of carboxylic acid groups (broad SMARTS) is 1. The molecule has 1 heterocycles. The molecule has 2 rings (SSSR count). The molecule has 2 N–H and O–H groups in total. The van der Waals surface area contributed by atoms with E-state index >= 15 is 0 Å². The van der Waals surface area contributed by atoms with Crippen LogP contribution in [0.25, 0.3) is 0 Å². The second-order valence-electron chi connectivity index (χ2n) is 5.91. The van der Waals surface area contributed by atoms with Crippen molar-refractivity contribution in [3.05, 3.63) is 53.0 Å². The molecule has 1 amide bonds. The van der Waals surface area contributed by atoms with E-state index < -0.39 is 5.97 Å². The minimum Gasteiger partial charge on any atom is -0.494 e. The van der Waals surface area contributed by atoms with Crippen molar-refractivity contribution >= 4 is 11.9 Å². The van der Waals surface area contributed by atoms with Crippen LogP contribution in [0.15, 0.2) is 34.9 Å². The zero-order chi connectivity index (χ0) is 18.2. The molecular formula is C19H23NO5. The normalized spacial score (nSPS) is 10.5. The Labute approximate surface area is 146 Å². The number of benzene rings is 1. The molecule has 25 heavy (non-hydrogen) atoms. The predicted octanol–water partition coefficient (Wildman–Crippen LogP) is 3.11. The summed E-state index contributed by atoms with van der Waals surface area (Å²) in [7, 11) is 0. The van der Waals surface area contributed by atoms with Gasteiger partial charge in [-0.05, 0) is 38.8 Å². The van der Waals surface area contributed by atoms with Gasteiger partial charge in [0, 0.05) is 12.1 Å². The Morgan fingerprint density at radius 2 is 1.88 bits per heavy atom. The van der Waals surface area contributed by atoms with Gasteiger partial charge in [0.25, 0.3) is 5.91 Å². The van der Waals surface area contributed by atoms with Crippen molar-refractivity contribution in [1.29, 1.82) is 0 Å². The molecule has 0 saturated carbocycles. The van der Waals surface area contributed by atoms with Gasteiger partial charge in [0.2, 0.25) is 0 Å². The van der Waals surface area contributed by atoms with Gasteiger partial charge in [0.05, 0.1) is 18.4 Å². The summed E-state index contributed by atoms with van der Waals surface area (Å²) in [6.07, 6.45) is 2.67. The lowest BCUT2D eigenvalue weighted by atomic mass is 10.1. The van der Waals surface area contributed by atoms with Crippen molar-refractivity contribution in [1.82, 2.24) is 5.32 Å².